The van der Waals surface area contributed by atoms with Crippen molar-refractivity contribution < 1.29 is 19.1 Å². The lowest BCUT2D eigenvalue weighted by Crippen LogP contribution is -2.67. The lowest BCUT2D eigenvalue weighted by molar-refractivity contribution is -0.0459. The Morgan fingerprint density at radius 1 is 0.946 bits per heavy atom. The molecule has 2 atom stereocenters. The molecule has 1 N–H and O–H groups in total. The van der Waals surface area contributed by atoms with Crippen LogP contribution in [0.25, 0.3) is 0 Å². The van der Waals surface area contributed by atoms with Crippen LogP contribution in [0.3, 0.4) is 0 Å². The van der Waals surface area contributed by atoms with E-state index in [4.69, 9.17) is 9.16 Å². The summed E-state index contributed by atoms with van der Waals surface area (Å²) in [5.41, 5.74) is -0.0741. The molecule has 0 bridgehead atoms. The Labute approximate surface area is 222 Å². The first-order valence-electron chi connectivity index (χ1n) is 13.0. The fraction of sp³-hybridized carbons (Fsp3) is 0.387. The highest BCUT2D eigenvalue weighted by molar-refractivity contribution is 6.99. The summed E-state index contributed by atoms with van der Waals surface area (Å²) in [4.78, 5) is 14.6. The van der Waals surface area contributed by atoms with E-state index >= 15 is 0 Å². The number of amides is 1. The van der Waals surface area contributed by atoms with Gasteiger partial charge in [0, 0.05) is 19.1 Å². The SMILES string of the molecule is CC(C)(C)[Si](OC[C@H]1CN(C(=O)OCc2ccccc2)C[C@](C)(O)C1)(c1ccccc1)c1ccccc1. The molecule has 0 saturated carbocycles. The second kappa shape index (κ2) is 11.2. The number of carbonyl (C=O) groups excluding carboxylic acids is 1. The van der Waals surface area contributed by atoms with Crippen LogP contribution in [0.5, 0.6) is 0 Å². The third-order valence-electron chi connectivity index (χ3n) is 7.15. The molecule has 37 heavy (non-hydrogen) atoms. The Morgan fingerprint density at radius 2 is 1.46 bits per heavy atom. The van der Waals surface area contributed by atoms with Crippen molar-refractivity contribution in [2.24, 2.45) is 5.92 Å². The van der Waals surface area contributed by atoms with E-state index in [9.17, 15) is 9.90 Å². The molecule has 0 unspecified atom stereocenters. The molecular formula is C31H39NO4Si. The van der Waals surface area contributed by atoms with Gasteiger partial charge in [-0.2, -0.15) is 0 Å². The summed E-state index contributed by atoms with van der Waals surface area (Å²) in [5, 5.41) is 13.4. The van der Waals surface area contributed by atoms with Crippen molar-refractivity contribution in [3.63, 3.8) is 0 Å². The molecule has 5 nitrogen and oxygen atoms in total. The van der Waals surface area contributed by atoms with Gasteiger partial charge in [-0.3, -0.25) is 0 Å². The molecule has 6 heteroatoms. The predicted octanol–water partition coefficient (Wildman–Crippen LogP) is 4.97. The molecule has 1 saturated heterocycles. The highest BCUT2D eigenvalue weighted by Gasteiger charge is 2.51. The second-order valence-corrected chi connectivity index (χ2v) is 15.8. The molecule has 1 aliphatic heterocycles. The highest BCUT2D eigenvalue weighted by atomic mass is 28.4. The summed E-state index contributed by atoms with van der Waals surface area (Å²) in [6.45, 7) is 9.95. The Kier molecular flexibility index (Phi) is 8.22. The molecule has 1 fully saturated rings. The molecule has 4 rings (SSSR count). The summed E-state index contributed by atoms with van der Waals surface area (Å²) in [6, 6.07) is 30.7. The van der Waals surface area contributed by atoms with Gasteiger partial charge in [-0.25, -0.2) is 4.79 Å². The maximum absolute atomic E-state index is 13.0. The summed E-state index contributed by atoms with van der Waals surface area (Å²) in [5.74, 6) is -0.0188. The van der Waals surface area contributed by atoms with E-state index < -0.39 is 20.0 Å². The minimum Gasteiger partial charge on any atom is -0.445 e. The molecule has 0 aromatic heterocycles. The number of aliphatic hydroxyl groups is 1. The van der Waals surface area contributed by atoms with Crippen molar-refractivity contribution in [3.05, 3.63) is 96.6 Å². The van der Waals surface area contributed by atoms with Crippen LogP contribution < -0.4 is 10.4 Å². The molecule has 1 amide bonds. The van der Waals surface area contributed by atoms with Crippen LogP contribution in [0.4, 0.5) is 4.79 Å². The first kappa shape index (κ1) is 27.1. The average Bonchev–Trinajstić information content (AvgIpc) is 2.88. The van der Waals surface area contributed by atoms with Gasteiger partial charge >= 0.3 is 6.09 Å². The molecule has 1 aliphatic rings. The van der Waals surface area contributed by atoms with Gasteiger partial charge in [0.2, 0.25) is 0 Å². The zero-order valence-corrected chi connectivity index (χ0v) is 23.4. The van der Waals surface area contributed by atoms with Crippen LogP contribution in [-0.4, -0.2) is 49.7 Å². The third-order valence-corrected chi connectivity index (χ3v) is 12.2. The fourth-order valence-corrected chi connectivity index (χ4v) is 10.2. The Bertz CT molecular complexity index is 1110. The van der Waals surface area contributed by atoms with Gasteiger partial charge in [0.1, 0.15) is 6.61 Å². The van der Waals surface area contributed by atoms with Crippen molar-refractivity contribution in [1.29, 1.82) is 0 Å². The minimum atomic E-state index is -2.70. The molecular weight excluding hydrogens is 478 g/mol. The first-order valence-corrected chi connectivity index (χ1v) is 14.9. The molecule has 0 aliphatic carbocycles. The fourth-order valence-electron chi connectivity index (χ4n) is 5.60. The van der Waals surface area contributed by atoms with E-state index in [0.29, 0.717) is 19.6 Å². The predicted molar refractivity (Wildman–Crippen MR) is 151 cm³/mol. The summed E-state index contributed by atoms with van der Waals surface area (Å²) in [7, 11) is -2.70. The first-order chi connectivity index (χ1) is 17.6. The van der Waals surface area contributed by atoms with Gasteiger partial charge in [-0.15, -0.1) is 0 Å². The number of ether oxygens (including phenoxy) is 1. The van der Waals surface area contributed by atoms with Crippen LogP contribution >= 0.6 is 0 Å². The topological polar surface area (TPSA) is 59.0 Å². The number of hydrogen-bond acceptors (Lipinski definition) is 4. The molecule has 3 aromatic rings. The van der Waals surface area contributed by atoms with Crippen LogP contribution in [0.15, 0.2) is 91.0 Å². The summed E-state index contributed by atoms with van der Waals surface area (Å²) < 4.78 is 12.7. The van der Waals surface area contributed by atoms with Crippen LogP contribution in [-0.2, 0) is 15.8 Å². The lowest BCUT2D eigenvalue weighted by Gasteiger charge is -2.46. The van der Waals surface area contributed by atoms with Crippen molar-refractivity contribution in [2.45, 2.75) is 51.4 Å². The number of piperidine rings is 1. The number of benzene rings is 3. The maximum Gasteiger partial charge on any atom is 0.410 e. The van der Waals surface area contributed by atoms with E-state index in [-0.39, 0.29) is 24.1 Å². The van der Waals surface area contributed by atoms with Crippen LogP contribution in [0.2, 0.25) is 5.04 Å². The van der Waals surface area contributed by atoms with E-state index in [1.54, 1.807) is 11.8 Å². The Morgan fingerprint density at radius 3 is 1.97 bits per heavy atom. The standard InChI is InChI=1S/C31H39NO4Si/c1-30(2,3)37(27-16-10-6-11-17-27,28-18-12-7-13-19-28)36-23-26-20-31(4,34)24-32(21-26)29(33)35-22-25-14-8-5-9-15-25/h5-19,26,34H,20-24H2,1-4H3/t26-,31-/m1/s1. The Balaban J connectivity index is 1.55. The van der Waals surface area contributed by atoms with Gasteiger partial charge in [0.15, 0.2) is 0 Å². The third kappa shape index (κ3) is 6.32. The average molecular weight is 518 g/mol. The highest BCUT2D eigenvalue weighted by Crippen LogP contribution is 2.38. The minimum absolute atomic E-state index is 0.0188. The van der Waals surface area contributed by atoms with Crippen molar-refractivity contribution in [1.82, 2.24) is 4.90 Å². The summed E-state index contributed by atoms with van der Waals surface area (Å²) in [6.07, 6.45) is 0.160. The summed E-state index contributed by atoms with van der Waals surface area (Å²) >= 11 is 0. The van der Waals surface area contributed by atoms with Crippen LogP contribution in [0, 0.1) is 5.92 Å². The molecule has 0 radical (unpaired) electrons. The van der Waals surface area contributed by atoms with E-state index in [0.717, 1.165) is 5.56 Å². The quantitative estimate of drug-likeness (QED) is 0.450. The van der Waals surface area contributed by atoms with Crippen molar-refractivity contribution in [3.8, 4) is 0 Å². The van der Waals surface area contributed by atoms with Gasteiger partial charge < -0.3 is 19.2 Å². The number of carbonyl (C=O) groups is 1. The van der Waals surface area contributed by atoms with Gasteiger partial charge in [-0.1, -0.05) is 112 Å². The number of likely N-dealkylation sites (tertiary alicyclic amines) is 1. The van der Waals surface area contributed by atoms with Gasteiger partial charge in [0.05, 0.1) is 12.1 Å². The molecule has 1 heterocycles. The molecule has 3 aromatic carbocycles. The van der Waals surface area contributed by atoms with Crippen molar-refractivity contribution >= 4 is 24.8 Å². The number of rotatable bonds is 7. The second-order valence-electron chi connectivity index (χ2n) is 11.5. The van der Waals surface area contributed by atoms with E-state index in [1.165, 1.54) is 10.4 Å². The number of β-amino-alcohol motifs (C(OH)–C–C–N with tert-alkyl or cyclic N) is 1. The normalized spacial score (nSPS) is 20.5. The molecule has 196 valence electrons. The van der Waals surface area contributed by atoms with E-state index in [1.807, 2.05) is 42.5 Å². The van der Waals surface area contributed by atoms with Gasteiger partial charge in [0.25, 0.3) is 8.32 Å². The van der Waals surface area contributed by atoms with Crippen LogP contribution in [0.1, 0.15) is 39.7 Å². The monoisotopic (exact) mass is 517 g/mol. The largest absolute Gasteiger partial charge is 0.445 e. The Hall–Kier alpha value is -2.93. The zero-order valence-electron chi connectivity index (χ0n) is 22.4. The van der Waals surface area contributed by atoms with Crippen molar-refractivity contribution in [2.75, 3.05) is 19.7 Å². The van der Waals surface area contributed by atoms with E-state index in [2.05, 4.69) is 69.3 Å². The number of nitrogens with zero attached hydrogens (tertiary/aromatic N) is 1. The lowest BCUT2D eigenvalue weighted by atomic mass is 9.87. The number of hydrogen-bond donors (Lipinski definition) is 1. The molecule has 0 spiro atoms. The van der Waals surface area contributed by atoms with Gasteiger partial charge in [-0.05, 0) is 34.3 Å². The smallest absolute Gasteiger partial charge is 0.410 e. The maximum atomic E-state index is 13.0. The zero-order chi connectivity index (χ0) is 26.5.